The van der Waals surface area contributed by atoms with Crippen LogP contribution in [0.1, 0.15) is 12.0 Å². The number of nitrogens with one attached hydrogen (secondary N) is 1. The highest BCUT2D eigenvalue weighted by molar-refractivity contribution is 5.46. The fraction of sp³-hybridized carbons (Fsp3) is 0.455. The van der Waals surface area contributed by atoms with Crippen molar-refractivity contribution in [1.82, 2.24) is 0 Å². The van der Waals surface area contributed by atoms with Crippen molar-refractivity contribution in [2.75, 3.05) is 18.5 Å². The third kappa shape index (κ3) is 3.49. The summed E-state index contributed by atoms with van der Waals surface area (Å²) in [4.78, 5) is 0. The van der Waals surface area contributed by atoms with Crippen LogP contribution in [0.2, 0.25) is 0 Å². The third-order valence-corrected chi connectivity index (χ3v) is 2.23. The van der Waals surface area contributed by atoms with Crippen LogP contribution >= 0.6 is 0 Å². The molecule has 1 aromatic rings. The summed E-state index contributed by atoms with van der Waals surface area (Å²) >= 11 is 0. The summed E-state index contributed by atoms with van der Waals surface area (Å²) in [5.74, 6) is -0.247. The molecule has 4 heteroatoms. The van der Waals surface area contributed by atoms with E-state index in [0.29, 0.717) is 12.0 Å². The fourth-order valence-electron chi connectivity index (χ4n) is 1.34. The minimum atomic E-state index is -0.247. The van der Waals surface area contributed by atoms with Crippen LogP contribution in [0, 0.1) is 12.7 Å². The summed E-state index contributed by atoms with van der Waals surface area (Å²) in [7, 11) is 0. The molecule has 0 aliphatic heterocycles. The van der Waals surface area contributed by atoms with Gasteiger partial charge in [-0.15, -0.1) is 0 Å². The molecule has 15 heavy (non-hydrogen) atoms. The van der Waals surface area contributed by atoms with E-state index in [9.17, 15) is 4.39 Å². The Morgan fingerprint density at radius 2 is 2.13 bits per heavy atom. The van der Waals surface area contributed by atoms with Crippen LogP contribution < -0.4 is 5.32 Å². The van der Waals surface area contributed by atoms with Gasteiger partial charge in [0.25, 0.3) is 0 Å². The molecule has 0 spiro atoms. The fourth-order valence-corrected chi connectivity index (χ4v) is 1.34. The van der Waals surface area contributed by atoms with E-state index in [2.05, 4.69) is 5.32 Å². The normalized spacial score (nSPS) is 12.5. The van der Waals surface area contributed by atoms with Gasteiger partial charge in [-0.25, -0.2) is 4.39 Å². The van der Waals surface area contributed by atoms with E-state index >= 15 is 0 Å². The standard InChI is InChI=1S/C11H16FNO2/c1-8-6-9(2-3-11(8)12)13-10(7-15)4-5-14/h2-3,6,10,13-15H,4-5,7H2,1H3. The second-order valence-electron chi connectivity index (χ2n) is 3.50. The number of benzene rings is 1. The van der Waals surface area contributed by atoms with Gasteiger partial charge < -0.3 is 15.5 Å². The molecule has 3 N–H and O–H groups in total. The number of aliphatic hydroxyl groups excluding tert-OH is 2. The molecule has 84 valence electrons. The number of rotatable bonds is 5. The average molecular weight is 213 g/mol. The highest BCUT2D eigenvalue weighted by Gasteiger charge is 2.07. The number of hydrogen-bond donors (Lipinski definition) is 3. The van der Waals surface area contributed by atoms with Crippen LogP contribution in [-0.4, -0.2) is 29.5 Å². The summed E-state index contributed by atoms with van der Waals surface area (Å²) < 4.78 is 12.9. The number of aliphatic hydroxyl groups is 2. The molecule has 0 amide bonds. The molecule has 0 fully saturated rings. The molecule has 1 unspecified atom stereocenters. The second-order valence-corrected chi connectivity index (χ2v) is 3.50. The third-order valence-electron chi connectivity index (χ3n) is 2.23. The van der Waals surface area contributed by atoms with Gasteiger partial charge in [-0.1, -0.05) is 0 Å². The number of hydrogen-bond acceptors (Lipinski definition) is 3. The van der Waals surface area contributed by atoms with Gasteiger partial charge in [0.2, 0.25) is 0 Å². The Balaban J connectivity index is 2.66. The van der Waals surface area contributed by atoms with Crippen molar-refractivity contribution in [1.29, 1.82) is 0 Å². The average Bonchev–Trinajstić information content (AvgIpc) is 2.23. The predicted octanol–water partition coefficient (Wildman–Crippen LogP) is 1.29. The lowest BCUT2D eigenvalue weighted by molar-refractivity contribution is 0.229. The number of anilines is 1. The molecular formula is C11H16FNO2. The Labute approximate surface area is 88.6 Å². The molecule has 3 nitrogen and oxygen atoms in total. The Kier molecular flexibility index (Phi) is 4.52. The molecule has 1 atom stereocenters. The summed E-state index contributed by atoms with van der Waals surface area (Å²) in [6.45, 7) is 1.63. The SMILES string of the molecule is Cc1cc(NC(CO)CCO)ccc1F. The highest BCUT2D eigenvalue weighted by Crippen LogP contribution is 2.15. The maximum Gasteiger partial charge on any atom is 0.126 e. The van der Waals surface area contributed by atoms with Crippen molar-refractivity contribution in [3.05, 3.63) is 29.6 Å². The molecule has 0 aliphatic carbocycles. The predicted molar refractivity (Wildman–Crippen MR) is 57.3 cm³/mol. The van der Waals surface area contributed by atoms with Gasteiger partial charge >= 0.3 is 0 Å². The lowest BCUT2D eigenvalue weighted by atomic mass is 10.1. The smallest absolute Gasteiger partial charge is 0.126 e. The van der Waals surface area contributed by atoms with E-state index in [1.54, 1.807) is 19.1 Å². The van der Waals surface area contributed by atoms with Gasteiger partial charge in [0, 0.05) is 12.3 Å². The van der Waals surface area contributed by atoms with Crippen LogP contribution in [0.4, 0.5) is 10.1 Å². The largest absolute Gasteiger partial charge is 0.396 e. The summed E-state index contributed by atoms with van der Waals surface area (Å²) in [5, 5.41) is 20.7. The van der Waals surface area contributed by atoms with Gasteiger partial charge in [0.05, 0.1) is 12.6 Å². The van der Waals surface area contributed by atoms with E-state index in [1.165, 1.54) is 6.07 Å². The molecule has 0 aliphatic rings. The maximum absolute atomic E-state index is 12.9. The van der Waals surface area contributed by atoms with Gasteiger partial charge in [-0.05, 0) is 37.1 Å². The van der Waals surface area contributed by atoms with Crippen molar-refractivity contribution in [3.8, 4) is 0 Å². The van der Waals surface area contributed by atoms with E-state index in [-0.39, 0.29) is 25.1 Å². The van der Waals surface area contributed by atoms with Crippen LogP contribution in [0.5, 0.6) is 0 Å². The van der Waals surface area contributed by atoms with E-state index in [1.807, 2.05) is 0 Å². The number of halogens is 1. The maximum atomic E-state index is 12.9. The summed E-state index contributed by atoms with van der Waals surface area (Å²) in [6, 6.07) is 4.47. The van der Waals surface area contributed by atoms with Crippen molar-refractivity contribution in [2.45, 2.75) is 19.4 Å². The van der Waals surface area contributed by atoms with Gasteiger partial charge in [0.15, 0.2) is 0 Å². The minimum Gasteiger partial charge on any atom is -0.396 e. The quantitative estimate of drug-likeness (QED) is 0.690. The van der Waals surface area contributed by atoms with Crippen molar-refractivity contribution in [2.24, 2.45) is 0 Å². The van der Waals surface area contributed by atoms with E-state index < -0.39 is 0 Å². The van der Waals surface area contributed by atoms with Gasteiger partial charge in [-0.2, -0.15) is 0 Å². The van der Waals surface area contributed by atoms with Crippen molar-refractivity contribution in [3.63, 3.8) is 0 Å². The van der Waals surface area contributed by atoms with Crippen LogP contribution in [-0.2, 0) is 0 Å². The Bertz CT molecular complexity index is 317. The first-order valence-electron chi connectivity index (χ1n) is 4.91. The second kappa shape index (κ2) is 5.68. The zero-order chi connectivity index (χ0) is 11.3. The lowest BCUT2D eigenvalue weighted by Gasteiger charge is -2.16. The highest BCUT2D eigenvalue weighted by atomic mass is 19.1. The van der Waals surface area contributed by atoms with E-state index in [0.717, 1.165) is 5.69 Å². The van der Waals surface area contributed by atoms with Crippen LogP contribution in [0.3, 0.4) is 0 Å². The molecule has 0 bridgehead atoms. The summed E-state index contributed by atoms with van der Waals surface area (Å²) in [6.07, 6.45) is 0.465. The lowest BCUT2D eigenvalue weighted by Crippen LogP contribution is -2.24. The number of aryl methyl sites for hydroxylation is 1. The first-order valence-corrected chi connectivity index (χ1v) is 4.91. The van der Waals surface area contributed by atoms with E-state index in [4.69, 9.17) is 10.2 Å². The molecule has 1 aromatic carbocycles. The first-order chi connectivity index (χ1) is 7.17. The minimum absolute atomic E-state index is 0.0123. The molecule has 0 saturated heterocycles. The molecule has 1 rings (SSSR count). The zero-order valence-electron chi connectivity index (χ0n) is 8.70. The Morgan fingerprint density at radius 1 is 1.40 bits per heavy atom. The molecule has 0 aromatic heterocycles. The molecule has 0 saturated carbocycles. The first kappa shape index (κ1) is 11.9. The van der Waals surface area contributed by atoms with Crippen molar-refractivity contribution >= 4 is 5.69 Å². The zero-order valence-corrected chi connectivity index (χ0v) is 8.70. The molecule has 0 heterocycles. The molecular weight excluding hydrogens is 197 g/mol. The van der Waals surface area contributed by atoms with Crippen LogP contribution in [0.25, 0.3) is 0 Å². The summed E-state index contributed by atoms with van der Waals surface area (Å²) in [5.41, 5.74) is 1.31. The molecule has 0 radical (unpaired) electrons. The van der Waals surface area contributed by atoms with Crippen LogP contribution in [0.15, 0.2) is 18.2 Å². The monoisotopic (exact) mass is 213 g/mol. The Morgan fingerprint density at radius 3 is 2.67 bits per heavy atom. The van der Waals surface area contributed by atoms with Gasteiger partial charge in [0.1, 0.15) is 5.82 Å². The van der Waals surface area contributed by atoms with Gasteiger partial charge in [-0.3, -0.25) is 0 Å². The van der Waals surface area contributed by atoms with Crippen molar-refractivity contribution < 1.29 is 14.6 Å². The topological polar surface area (TPSA) is 52.5 Å². The Hall–Kier alpha value is -1.13.